The molecule has 1 rings (SSSR count). The molecule has 2 atom stereocenters. The third kappa shape index (κ3) is 6.00. The molecule has 2 unspecified atom stereocenters. The second-order valence-electron chi connectivity index (χ2n) is 6.88. The summed E-state index contributed by atoms with van der Waals surface area (Å²) in [6, 6.07) is -0.844. The van der Waals surface area contributed by atoms with Gasteiger partial charge in [-0.2, -0.15) is 4.98 Å². The lowest BCUT2D eigenvalue weighted by atomic mass is 9.96. The summed E-state index contributed by atoms with van der Waals surface area (Å²) in [5.74, 6) is -0.242. The van der Waals surface area contributed by atoms with E-state index >= 15 is 0 Å². The Morgan fingerprint density at radius 2 is 2.00 bits per heavy atom. The highest BCUT2D eigenvalue weighted by molar-refractivity contribution is 5.83. The van der Waals surface area contributed by atoms with E-state index in [4.69, 9.17) is 9.63 Å². The zero-order valence-electron chi connectivity index (χ0n) is 14.5. The normalized spacial score (nSPS) is 14.3. The molecule has 0 bridgehead atoms. The van der Waals surface area contributed by atoms with Gasteiger partial charge in [-0.25, -0.2) is 4.79 Å². The SMILES string of the molecule is CCC(C)C(NC(=O)CCCc1nc(C(C)(C)C)no1)C(=O)O. The van der Waals surface area contributed by atoms with Crippen LogP contribution in [0.3, 0.4) is 0 Å². The third-order valence-corrected chi connectivity index (χ3v) is 3.73. The maximum Gasteiger partial charge on any atom is 0.326 e. The molecule has 23 heavy (non-hydrogen) atoms. The zero-order chi connectivity index (χ0) is 17.6. The van der Waals surface area contributed by atoms with Crippen LogP contribution in [0.4, 0.5) is 0 Å². The zero-order valence-corrected chi connectivity index (χ0v) is 14.5. The Morgan fingerprint density at radius 1 is 1.35 bits per heavy atom. The van der Waals surface area contributed by atoms with Gasteiger partial charge in [0.05, 0.1) is 0 Å². The predicted molar refractivity (Wildman–Crippen MR) is 85.0 cm³/mol. The summed E-state index contributed by atoms with van der Waals surface area (Å²) >= 11 is 0. The fourth-order valence-electron chi connectivity index (χ4n) is 1.99. The van der Waals surface area contributed by atoms with Gasteiger partial charge in [-0.05, 0) is 12.3 Å². The largest absolute Gasteiger partial charge is 0.480 e. The number of carbonyl (C=O) groups excluding carboxylic acids is 1. The first-order valence-corrected chi connectivity index (χ1v) is 8.00. The van der Waals surface area contributed by atoms with Crippen LogP contribution in [0.1, 0.15) is 65.6 Å². The van der Waals surface area contributed by atoms with Crippen molar-refractivity contribution >= 4 is 11.9 Å². The molecule has 0 aliphatic heterocycles. The fraction of sp³-hybridized carbons (Fsp3) is 0.750. The topological polar surface area (TPSA) is 105 Å². The van der Waals surface area contributed by atoms with Crippen molar-refractivity contribution in [2.45, 2.75) is 71.8 Å². The van der Waals surface area contributed by atoms with Crippen molar-refractivity contribution in [3.63, 3.8) is 0 Å². The Labute approximate surface area is 136 Å². The Bertz CT molecular complexity index is 534. The lowest BCUT2D eigenvalue weighted by Crippen LogP contribution is -2.44. The Balaban J connectivity index is 2.44. The van der Waals surface area contributed by atoms with Crippen molar-refractivity contribution in [2.75, 3.05) is 0 Å². The number of aromatic nitrogens is 2. The van der Waals surface area contributed by atoms with E-state index in [0.29, 0.717) is 31.0 Å². The second-order valence-corrected chi connectivity index (χ2v) is 6.88. The number of aliphatic carboxylic acids is 1. The van der Waals surface area contributed by atoms with Crippen LogP contribution in [-0.4, -0.2) is 33.2 Å². The van der Waals surface area contributed by atoms with Gasteiger partial charge in [0.25, 0.3) is 0 Å². The van der Waals surface area contributed by atoms with Crippen molar-refractivity contribution in [1.29, 1.82) is 0 Å². The lowest BCUT2D eigenvalue weighted by Gasteiger charge is -2.19. The van der Waals surface area contributed by atoms with E-state index in [1.807, 2.05) is 34.6 Å². The average Bonchev–Trinajstić information content (AvgIpc) is 2.92. The highest BCUT2D eigenvalue weighted by Gasteiger charge is 2.25. The molecule has 1 aromatic heterocycles. The molecule has 2 N–H and O–H groups in total. The predicted octanol–water partition coefficient (Wildman–Crippen LogP) is 2.31. The molecule has 0 aliphatic rings. The van der Waals surface area contributed by atoms with E-state index < -0.39 is 12.0 Å². The van der Waals surface area contributed by atoms with Crippen LogP contribution < -0.4 is 5.32 Å². The third-order valence-electron chi connectivity index (χ3n) is 3.73. The second kappa shape index (κ2) is 8.08. The number of hydrogen-bond acceptors (Lipinski definition) is 5. The van der Waals surface area contributed by atoms with Crippen molar-refractivity contribution in [3.05, 3.63) is 11.7 Å². The Morgan fingerprint density at radius 3 is 2.48 bits per heavy atom. The molecule has 130 valence electrons. The first-order valence-electron chi connectivity index (χ1n) is 8.00. The molecule has 0 spiro atoms. The van der Waals surface area contributed by atoms with Crippen molar-refractivity contribution in [3.8, 4) is 0 Å². The Hall–Kier alpha value is -1.92. The highest BCUT2D eigenvalue weighted by atomic mass is 16.5. The number of nitrogens with one attached hydrogen (secondary N) is 1. The van der Waals surface area contributed by atoms with E-state index in [0.717, 1.165) is 0 Å². The molecule has 0 saturated carbocycles. The number of nitrogens with zero attached hydrogens (tertiary/aromatic N) is 2. The highest BCUT2D eigenvalue weighted by Crippen LogP contribution is 2.19. The molecule has 0 radical (unpaired) electrons. The molecular weight excluding hydrogens is 298 g/mol. The molecule has 7 heteroatoms. The first kappa shape index (κ1) is 19.1. The van der Waals surface area contributed by atoms with Crippen LogP contribution in [0.25, 0.3) is 0 Å². The number of carboxylic acid groups (broad SMARTS) is 1. The van der Waals surface area contributed by atoms with Crippen LogP contribution in [0.5, 0.6) is 0 Å². The number of rotatable bonds is 8. The molecule has 0 saturated heterocycles. The van der Waals surface area contributed by atoms with E-state index in [1.165, 1.54) is 0 Å². The van der Waals surface area contributed by atoms with Crippen molar-refractivity contribution in [2.24, 2.45) is 5.92 Å². The molecular formula is C16H27N3O4. The number of carbonyl (C=O) groups is 2. The van der Waals surface area contributed by atoms with E-state index in [2.05, 4.69) is 15.5 Å². The number of amides is 1. The minimum atomic E-state index is -1.00. The summed E-state index contributed by atoms with van der Waals surface area (Å²) in [6.45, 7) is 9.70. The van der Waals surface area contributed by atoms with Gasteiger partial charge in [-0.1, -0.05) is 46.2 Å². The van der Waals surface area contributed by atoms with Gasteiger partial charge < -0.3 is 14.9 Å². The van der Waals surface area contributed by atoms with E-state index in [-0.39, 0.29) is 23.7 Å². The summed E-state index contributed by atoms with van der Waals surface area (Å²) < 4.78 is 5.16. The van der Waals surface area contributed by atoms with Crippen molar-refractivity contribution in [1.82, 2.24) is 15.5 Å². The molecule has 1 aromatic rings. The summed E-state index contributed by atoms with van der Waals surface area (Å²) in [5, 5.41) is 15.7. The summed E-state index contributed by atoms with van der Waals surface area (Å²) in [5.41, 5.74) is -0.176. The lowest BCUT2D eigenvalue weighted by molar-refractivity contribution is -0.143. The number of hydrogen-bond donors (Lipinski definition) is 2. The maximum absolute atomic E-state index is 11.9. The molecule has 7 nitrogen and oxygen atoms in total. The first-order chi connectivity index (χ1) is 10.6. The van der Waals surface area contributed by atoms with Gasteiger partial charge in [0.2, 0.25) is 11.8 Å². The molecule has 0 aromatic carbocycles. The van der Waals surface area contributed by atoms with Gasteiger partial charge in [0.1, 0.15) is 6.04 Å². The van der Waals surface area contributed by atoms with Crippen LogP contribution in [-0.2, 0) is 21.4 Å². The standard InChI is InChI=1S/C16H27N3O4/c1-6-10(2)13(14(21)22)17-11(20)8-7-9-12-18-15(19-23-12)16(3,4)5/h10,13H,6-9H2,1-5H3,(H,17,20)(H,21,22). The average molecular weight is 325 g/mol. The van der Waals surface area contributed by atoms with E-state index in [9.17, 15) is 9.59 Å². The van der Waals surface area contributed by atoms with Crippen LogP contribution in [0.2, 0.25) is 0 Å². The Kier molecular flexibility index (Phi) is 6.72. The number of carboxylic acids is 1. The van der Waals surface area contributed by atoms with Crippen LogP contribution in [0, 0.1) is 5.92 Å². The van der Waals surface area contributed by atoms with Gasteiger partial charge in [0, 0.05) is 18.3 Å². The molecule has 1 heterocycles. The van der Waals surface area contributed by atoms with Gasteiger partial charge in [-0.15, -0.1) is 0 Å². The summed E-state index contributed by atoms with van der Waals surface area (Å²) in [6.07, 6.45) is 1.95. The van der Waals surface area contributed by atoms with Crippen LogP contribution >= 0.6 is 0 Å². The van der Waals surface area contributed by atoms with E-state index in [1.54, 1.807) is 0 Å². The minimum absolute atomic E-state index is 0.110. The smallest absolute Gasteiger partial charge is 0.326 e. The van der Waals surface area contributed by atoms with Crippen LogP contribution in [0.15, 0.2) is 4.52 Å². The minimum Gasteiger partial charge on any atom is -0.480 e. The fourth-order valence-corrected chi connectivity index (χ4v) is 1.99. The summed E-state index contributed by atoms with van der Waals surface area (Å²) in [4.78, 5) is 27.4. The quantitative estimate of drug-likeness (QED) is 0.760. The monoisotopic (exact) mass is 325 g/mol. The van der Waals surface area contributed by atoms with Gasteiger partial charge >= 0.3 is 5.97 Å². The van der Waals surface area contributed by atoms with Crippen molar-refractivity contribution < 1.29 is 19.2 Å². The molecule has 0 fully saturated rings. The number of aryl methyl sites for hydroxylation is 1. The van der Waals surface area contributed by atoms with Gasteiger partial charge in [-0.3, -0.25) is 4.79 Å². The molecule has 1 amide bonds. The van der Waals surface area contributed by atoms with Gasteiger partial charge in [0.15, 0.2) is 5.82 Å². The molecule has 0 aliphatic carbocycles. The summed E-state index contributed by atoms with van der Waals surface area (Å²) in [7, 11) is 0. The maximum atomic E-state index is 11.9.